The molecule has 0 spiro atoms. The lowest BCUT2D eigenvalue weighted by atomic mass is 9.49. The first-order valence-corrected chi connectivity index (χ1v) is 7.76. The number of pyridine rings is 1. The lowest BCUT2D eigenvalue weighted by Crippen LogP contribution is -2.41. The molecule has 0 aliphatic carbocycles. The van der Waals surface area contributed by atoms with Crippen LogP contribution in [0.2, 0.25) is 5.02 Å². The number of alkyl halides is 3. The minimum Gasteiger partial charge on any atom is -0.389 e. The molecular formula is C15H7B3ClF3N4O. The number of benzene rings is 1. The molecule has 0 saturated carbocycles. The Morgan fingerprint density at radius 3 is 2.30 bits per heavy atom. The molecular weight excluding hydrogens is 377 g/mol. The molecule has 12 heteroatoms. The summed E-state index contributed by atoms with van der Waals surface area (Å²) < 4.78 is 40.3. The van der Waals surface area contributed by atoms with Crippen LogP contribution in [0.4, 0.5) is 19.0 Å². The summed E-state index contributed by atoms with van der Waals surface area (Å²) in [5.41, 5.74) is -2.38. The Labute approximate surface area is 160 Å². The van der Waals surface area contributed by atoms with Crippen molar-refractivity contribution in [1.82, 2.24) is 14.5 Å². The summed E-state index contributed by atoms with van der Waals surface area (Å²) in [7, 11) is 16.4. The zero-order chi connectivity index (χ0) is 20.0. The van der Waals surface area contributed by atoms with Crippen molar-refractivity contribution in [3.05, 3.63) is 57.6 Å². The van der Waals surface area contributed by atoms with Crippen LogP contribution in [0.25, 0.3) is 16.7 Å². The fourth-order valence-corrected chi connectivity index (χ4v) is 2.63. The minimum absolute atomic E-state index is 0.0354. The van der Waals surface area contributed by atoms with Crippen LogP contribution in [0.15, 0.2) is 41.2 Å². The molecule has 0 bridgehead atoms. The van der Waals surface area contributed by atoms with E-state index in [1.54, 1.807) is 12.1 Å². The minimum atomic E-state index is -4.73. The van der Waals surface area contributed by atoms with Crippen molar-refractivity contribution in [2.24, 2.45) is 0 Å². The molecule has 1 aromatic carbocycles. The summed E-state index contributed by atoms with van der Waals surface area (Å²) in [6.45, 7) is 0. The number of hydrogen-bond donors (Lipinski definition) is 1. The molecule has 0 unspecified atom stereocenters. The number of nitrogens with one attached hydrogen (secondary N) is 1. The molecule has 2 aromatic heterocycles. The predicted octanol–water partition coefficient (Wildman–Crippen LogP) is 1.98. The van der Waals surface area contributed by atoms with Crippen molar-refractivity contribution in [3.63, 3.8) is 0 Å². The van der Waals surface area contributed by atoms with Gasteiger partial charge < -0.3 is 5.32 Å². The van der Waals surface area contributed by atoms with E-state index in [1.807, 2.05) is 0 Å². The lowest BCUT2D eigenvalue weighted by Gasteiger charge is -2.24. The van der Waals surface area contributed by atoms with Gasteiger partial charge in [-0.15, -0.1) is 0 Å². The SMILES string of the molecule is [B]C([B])([B])Nc1nc(=O)n(-c2ccccc2Cl)c2nc(C(F)(F)F)ccc12. The average molecular weight is 384 g/mol. The first-order valence-electron chi connectivity index (χ1n) is 7.38. The zero-order valence-electron chi connectivity index (χ0n) is 13.5. The summed E-state index contributed by atoms with van der Waals surface area (Å²) in [5, 5.41) is 0.559. The van der Waals surface area contributed by atoms with E-state index in [2.05, 4.69) is 15.3 Å². The van der Waals surface area contributed by atoms with Gasteiger partial charge in [0.1, 0.15) is 11.5 Å². The average Bonchev–Trinajstić information content (AvgIpc) is 2.53. The molecule has 2 heterocycles. The van der Waals surface area contributed by atoms with Gasteiger partial charge in [0, 0.05) is 0 Å². The van der Waals surface area contributed by atoms with Gasteiger partial charge in [0.2, 0.25) is 0 Å². The lowest BCUT2D eigenvalue weighted by molar-refractivity contribution is -0.141. The van der Waals surface area contributed by atoms with Crippen LogP contribution in [0.3, 0.4) is 0 Å². The Kier molecular flexibility index (Phi) is 4.75. The Balaban J connectivity index is 2.41. The maximum atomic E-state index is 13.1. The second-order valence-electron chi connectivity index (χ2n) is 5.65. The number of aromatic nitrogens is 3. The Bertz CT molecular complexity index is 1080. The van der Waals surface area contributed by atoms with Crippen molar-refractivity contribution in [1.29, 1.82) is 0 Å². The maximum Gasteiger partial charge on any atom is 0.433 e. The Morgan fingerprint density at radius 2 is 1.70 bits per heavy atom. The molecule has 6 radical (unpaired) electrons. The van der Waals surface area contributed by atoms with Crippen LogP contribution in [0.5, 0.6) is 0 Å². The van der Waals surface area contributed by atoms with Crippen molar-refractivity contribution in [2.75, 3.05) is 5.32 Å². The molecule has 0 fully saturated rings. The first-order chi connectivity index (χ1) is 12.5. The van der Waals surface area contributed by atoms with E-state index < -0.39 is 22.8 Å². The van der Waals surface area contributed by atoms with Crippen molar-refractivity contribution < 1.29 is 13.2 Å². The summed E-state index contributed by atoms with van der Waals surface area (Å²) in [6.07, 6.45) is -4.73. The number of fused-ring (bicyclic) bond motifs is 1. The molecule has 0 saturated heterocycles. The zero-order valence-corrected chi connectivity index (χ0v) is 14.2. The molecule has 3 aromatic rings. The molecule has 0 atom stereocenters. The van der Waals surface area contributed by atoms with Gasteiger partial charge >= 0.3 is 11.9 Å². The van der Waals surface area contributed by atoms with Gasteiger partial charge in [-0.05, 0) is 24.3 Å². The third-order valence-corrected chi connectivity index (χ3v) is 3.78. The van der Waals surface area contributed by atoms with Gasteiger partial charge in [0.05, 0.1) is 39.6 Å². The molecule has 0 aliphatic rings. The monoisotopic (exact) mass is 384 g/mol. The second-order valence-corrected chi connectivity index (χ2v) is 6.06. The van der Waals surface area contributed by atoms with Crippen LogP contribution in [-0.2, 0) is 6.18 Å². The summed E-state index contributed by atoms with van der Waals surface area (Å²) in [6, 6.07) is 7.89. The van der Waals surface area contributed by atoms with Crippen molar-refractivity contribution >= 4 is 52.0 Å². The number of anilines is 1. The van der Waals surface area contributed by atoms with E-state index in [0.29, 0.717) is 0 Å². The van der Waals surface area contributed by atoms with E-state index in [4.69, 9.17) is 35.1 Å². The highest BCUT2D eigenvalue weighted by molar-refractivity contribution is 6.60. The normalized spacial score (nSPS) is 12.3. The van der Waals surface area contributed by atoms with E-state index in [0.717, 1.165) is 16.7 Å². The van der Waals surface area contributed by atoms with E-state index in [9.17, 15) is 18.0 Å². The van der Waals surface area contributed by atoms with Crippen LogP contribution in [0, 0.1) is 0 Å². The largest absolute Gasteiger partial charge is 0.433 e. The number of hydrogen-bond acceptors (Lipinski definition) is 4. The predicted molar refractivity (Wildman–Crippen MR) is 98.8 cm³/mol. The summed E-state index contributed by atoms with van der Waals surface area (Å²) in [5.74, 6) is -0.216. The quantitative estimate of drug-likeness (QED) is 0.702. The number of rotatable bonds is 3. The third-order valence-electron chi connectivity index (χ3n) is 3.46. The highest BCUT2D eigenvalue weighted by atomic mass is 35.5. The van der Waals surface area contributed by atoms with Gasteiger partial charge in [0.25, 0.3) is 0 Å². The Morgan fingerprint density at radius 1 is 1.04 bits per heavy atom. The molecule has 0 amide bonds. The summed E-state index contributed by atoms with van der Waals surface area (Å²) >= 11 is 6.09. The molecule has 5 nitrogen and oxygen atoms in total. The highest BCUT2D eigenvalue weighted by Crippen LogP contribution is 2.31. The smallest absolute Gasteiger partial charge is 0.389 e. The fraction of sp³-hybridized carbons (Fsp3) is 0.133. The van der Waals surface area contributed by atoms with E-state index in [1.165, 1.54) is 12.1 Å². The second kappa shape index (κ2) is 6.63. The first kappa shape index (κ1) is 19.3. The van der Waals surface area contributed by atoms with Gasteiger partial charge in [-0.25, -0.2) is 14.3 Å². The van der Waals surface area contributed by atoms with E-state index >= 15 is 0 Å². The van der Waals surface area contributed by atoms with Crippen LogP contribution >= 0.6 is 11.6 Å². The standard InChI is InChI=1S/C15H7B3ClF3N4O/c16-15(17,18)25-11-7-5-6-10(14(20,21)22)23-12(7)26(13(27)24-11)9-4-2-1-3-8(9)19/h1-6H,(H,24,25,27). The number of para-hydroxylation sites is 1. The molecule has 1 N–H and O–H groups in total. The highest BCUT2D eigenvalue weighted by Gasteiger charge is 2.33. The maximum absolute atomic E-state index is 13.1. The summed E-state index contributed by atoms with van der Waals surface area (Å²) in [4.78, 5) is 19.9. The fourth-order valence-electron chi connectivity index (χ4n) is 2.41. The topological polar surface area (TPSA) is 59.8 Å². The molecule has 27 heavy (non-hydrogen) atoms. The number of halogens is 4. The molecule has 3 rings (SSSR count). The third kappa shape index (κ3) is 3.97. The number of nitrogens with zero attached hydrogens (tertiary/aromatic N) is 3. The van der Waals surface area contributed by atoms with Gasteiger partial charge in [-0.2, -0.15) is 18.2 Å². The van der Waals surface area contributed by atoms with Crippen LogP contribution < -0.4 is 11.0 Å². The van der Waals surface area contributed by atoms with Crippen LogP contribution in [-0.4, -0.2) is 43.3 Å². The van der Waals surface area contributed by atoms with Gasteiger partial charge in [-0.3, -0.25) is 0 Å². The van der Waals surface area contributed by atoms with Gasteiger partial charge in [0.15, 0.2) is 5.65 Å². The molecule has 130 valence electrons. The van der Waals surface area contributed by atoms with Crippen molar-refractivity contribution in [2.45, 2.75) is 11.4 Å². The van der Waals surface area contributed by atoms with E-state index in [-0.39, 0.29) is 27.6 Å². The van der Waals surface area contributed by atoms with Crippen molar-refractivity contribution in [3.8, 4) is 5.69 Å². The van der Waals surface area contributed by atoms with Crippen LogP contribution in [0.1, 0.15) is 5.69 Å². The Hall–Kier alpha value is -2.42. The van der Waals surface area contributed by atoms with Gasteiger partial charge in [-0.1, -0.05) is 29.0 Å². The molecule has 0 aliphatic heterocycles.